The van der Waals surface area contributed by atoms with Crippen molar-refractivity contribution in [1.82, 2.24) is 0 Å². The molecule has 0 radical (unpaired) electrons. The predicted molar refractivity (Wildman–Crippen MR) is 57.9 cm³/mol. The van der Waals surface area contributed by atoms with Crippen molar-refractivity contribution < 1.29 is 9.47 Å². The normalized spacial score (nSPS) is 21.4. The highest BCUT2D eigenvalue weighted by atomic mass is 16.7. The van der Waals surface area contributed by atoms with E-state index >= 15 is 0 Å². The van der Waals surface area contributed by atoms with Crippen molar-refractivity contribution in [3.63, 3.8) is 0 Å². The molecule has 0 aromatic rings. The number of hydrogen-bond donors (Lipinski definition) is 0. The maximum atomic E-state index is 9.29. The number of rotatable bonds is 4. The van der Waals surface area contributed by atoms with E-state index in [1.165, 1.54) is 0 Å². The summed E-state index contributed by atoms with van der Waals surface area (Å²) in [5, 5.41) is 36.8. The molecular weight excluding hydrogens is 232 g/mol. The first kappa shape index (κ1) is 13.9. The Kier molecular flexibility index (Phi) is 3.59. The quantitative estimate of drug-likeness (QED) is 0.687. The van der Waals surface area contributed by atoms with Crippen LogP contribution in [0.25, 0.3) is 0 Å². The molecule has 0 spiro atoms. The lowest BCUT2D eigenvalue weighted by molar-refractivity contribution is -0.344. The molecule has 1 rings (SSSR count). The Morgan fingerprint density at radius 3 is 1.61 bits per heavy atom. The van der Waals surface area contributed by atoms with E-state index in [0.29, 0.717) is 0 Å². The highest BCUT2D eigenvalue weighted by Gasteiger charge is 2.80. The molecule has 0 aromatic heterocycles. The van der Waals surface area contributed by atoms with Gasteiger partial charge < -0.3 is 9.47 Å². The lowest BCUT2D eigenvalue weighted by atomic mass is 9.47. The SMILES string of the molecule is CCOC1(OCC)CC(C#N)(C#N)C1(C#N)C#N. The standard InChI is InChI=1S/C12H12N4O2/c1-3-17-12(18-4-2)5-10(6-13,7-14)11(12,8-15)9-16/h3-5H2,1-2H3. The van der Waals surface area contributed by atoms with Gasteiger partial charge in [0.1, 0.15) is 0 Å². The molecule has 6 nitrogen and oxygen atoms in total. The highest BCUT2D eigenvalue weighted by Crippen LogP contribution is 2.64. The molecule has 0 heterocycles. The number of nitrogens with zero attached hydrogens (tertiary/aromatic N) is 4. The first-order chi connectivity index (χ1) is 8.57. The minimum atomic E-state index is -1.92. The maximum Gasteiger partial charge on any atom is 0.228 e. The van der Waals surface area contributed by atoms with Crippen molar-refractivity contribution >= 4 is 0 Å². The van der Waals surface area contributed by atoms with E-state index in [2.05, 4.69) is 0 Å². The molecule has 1 aliphatic rings. The van der Waals surface area contributed by atoms with Crippen LogP contribution in [0.2, 0.25) is 0 Å². The van der Waals surface area contributed by atoms with Crippen molar-refractivity contribution in [1.29, 1.82) is 21.0 Å². The monoisotopic (exact) mass is 244 g/mol. The molecule has 0 atom stereocenters. The topological polar surface area (TPSA) is 114 Å². The number of ether oxygens (including phenoxy) is 2. The Balaban J connectivity index is 3.38. The molecule has 1 aliphatic carbocycles. The van der Waals surface area contributed by atoms with Gasteiger partial charge in [-0.05, 0) is 13.8 Å². The smallest absolute Gasteiger partial charge is 0.228 e. The van der Waals surface area contributed by atoms with Crippen LogP contribution < -0.4 is 0 Å². The van der Waals surface area contributed by atoms with E-state index in [-0.39, 0.29) is 19.6 Å². The fourth-order valence-corrected chi connectivity index (χ4v) is 2.32. The summed E-state index contributed by atoms with van der Waals surface area (Å²) >= 11 is 0. The molecule has 0 saturated heterocycles. The lowest BCUT2D eigenvalue weighted by Crippen LogP contribution is -2.70. The van der Waals surface area contributed by atoms with Crippen LogP contribution in [-0.2, 0) is 9.47 Å². The van der Waals surface area contributed by atoms with E-state index in [0.717, 1.165) is 0 Å². The van der Waals surface area contributed by atoms with Gasteiger partial charge in [-0.2, -0.15) is 21.0 Å². The summed E-state index contributed by atoms with van der Waals surface area (Å²) in [4.78, 5) is 0. The van der Waals surface area contributed by atoms with E-state index in [9.17, 15) is 10.5 Å². The summed E-state index contributed by atoms with van der Waals surface area (Å²) < 4.78 is 10.8. The first-order valence-corrected chi connectivity index (χ1v) is 5.50. The third-order valence-electron chi connectivity index (χ3n) is 3.18. The summed E-state index contributed by atoms with van der Waals surface area (Å²) in [7, 11) is 0. The van der Waals surface area contributed by atoms with Gasteiger partial charge in [-0.3, -0.25) is 0 Å². The van der Waals surface area contributed by atoms with Gasteiger partial charge in [-0.1, -0.05) is 0 Å². The van der Waals surface area contributed by atoms with E-state index in [4.69, 9.17) is 20.0 Å². The van der Waals surface area contributed by atoms with Crippen LogP contribution in [0.15, 0.2) is 0 Å². The van der Waals surface area contributed by atoms with Crippen LogP contribution in [0.3, 0.4) is 0 Å². The van der Waals surface area contributed by atoms with Crippen molar-refractivity contribution in [2.24, 2.45) is 10.8 Å². The van der Waals surface area contributed by atoms with Crippen LogP contribution >= 0.6 is 0 Å². The van der Waals surface area contributed by atoms with E-state index < -0.39 is 16.6 Å². The van der Waals surface area contributed by atoms with Gasteiger partial charge in [0.2, 0.25) is 11.2 Å². The number of hydrogen-bond acceptors (Lipinski definition) is 6. The Bertz CT molecular complexity index is 466. The van der Waals surface area contributed by atoms with Crippen LogP contribution in [0, 0.1) is 56.2 Å². The molecule has 6 heteroatoms. The van der Waals surface area contributed by atoms with E-state index in [1.807, 2.05) is 0 Å². The average Bonchev–Trinajstić information content (AvgIpc) is 2.37. The predicted octanol–water partition coefficient (Wildman–Crippen LogP) is 1.23. The second kappa shape index (κ2) is 4.63. The third-order valence-corrected chi connectivity index (χ3v) is 3.18. The zero-order chi connectivity index (χ0) is 13.9. The van der Waals surface area contributed by atoms with Gasteiger partial charge in [-0.15, -0.1) is 0 Å². The van der Waals surface area contributed by atoms with Crippen LogP contribution in [0.5, 0.6) is 0 Å². The molecule has 92 valence electrons. The first-order valence-electron chi connectivity index (χ1n) is 5.50. The second-order valence-electron chi connectivity index (χ2n) is 3.90. The van der Waals surface area contributed by atoms with Crippen molar-refractivity contribution in [2.45, 2.75) is 26.1 Å². The van der Waals surface area contributed by atoms with Gasteiger partial charge in [0, 0.05) is 19.6 Å². The Morgan fingerprint density at radius 2 is 1.33 bits per heavy atom. The molecule has 0 amide bonds. The molecule has 0 aromatic carbocycles. The Morgan fingerprint density at radius 1 is 0.889 bits per heavy atom. The van der Waals surface area contributed by atoms with Crippen LogP contribution in [0.1, 0.15) is 20.3 Å². The minimum Gasteiger partial charge on any atom is -0.348 e. The third kappa shape index (κ3) is 1.31. The van der Waals surface area contributed by atoms with Gasteiger partial charge in [0.05, 0.1) is 24.3 Å². The second-order valence-corrected chi connectivity index (χ2v) is 3.90. The minimum absolute atomic E-state index is 0.101. The molecule has 1 fully saturated rings. The zero-order valence-electron chi connectivity index (χ0n) is 10.2. The van der Waals surface area contributed by atoms with Gasteiger partial charge in [0.15, 0.2) is 5.41 Å². The van der Waals surface area contributed by atoms with Crippen LogP contribution in [0.4, 0.5) is 0 Å². The zero-order valence-corrected chi connectivity index (χ0v) is 10.2. The van der Waals surface area contributed by atoms with E-state index in [1.54, 1.807) is 38.1 Å². The largest absolute Gasteiger partial charge is 0.348 e. The van der Waals surface area contributed by atoms with Gasteiger partial charge >= 0.3 is 0 Å². The molecule has 0 N–H and O–H groups in total. The Hall–Kier alpha value is -2.12. The molecule has 18 heavy (non-hydrogen) atoms. The van der Waals surface area contributed by atoms with Crippen LogP contribution in [-0.4, -0.2) is 19.0 Å². The summed E-state index contributed by atoms with van der Waals surface area (Å²) in [6.45, 7) is 3.83. The fraction of sp³-hybridized carbons (Fsp3) is 0.667. The molecular formula is C12H12N4O2. The molecule has 0 bridgehead atoms. The van der Waals surface area contributed by atoms with Crippen molar-refractivity contribution in [2.75, 3.05) is 13.2 Å². The van der Waals surface area contributed by atoms with Gasteiger partial charge in [-0.25, -0.2) is 0 Å². The molecule has 0 aliphatic heterocycles. The fourth-order valence-electron chi connectivity index (χ4n) is 2.32. The highest BCUT2D eigenvalue weighted by molar-refractivity contribution is 5.45. The maximum absolute atomic E-state index is 9.29. The average molecular weight is 244 g/mol. The summed E-state index contributed by atoms with van der Waals surface area (Å²) in [6.07, 6.45) is -0.101. The number of nitriles is 4. The molecule has 0 unspecified atom stereocenters. The molecule has 1 saturated carbocycles. The van der Waals surface area contributed by atoms with Crippen molar-refractivity contribution in [3.05, 3.63) is 0 Å². The van der Waals surface area contributed by atoms with Crippen molar-refractivity contribution in [3.8, 4) is 24.3 Å². The van der Waals surface area contributed by atoms with Gasteiger partial charge in [0.25, 0.3) is 0 Å². The lowest BCUT2D eigenvalue weighted by Gasteiger charge is -2.56. The Labute approximate surface area is 106 Å². The summed E-state index contributed by atoms with van der Waals surface area (Å²) in [5.74, 6) is -1.49. The summed E-state index contributed by atoms with van der Waals surface area (Å²) in [5.41, 5.74) is -3.63. The summed E-state index contributed by atoms with van der Waals surface area (Å²) in [6, 6.07) is 7.05.